The molecule has 0 bridgehead atoms. The zero-order valence-electron chi connectivity index (χ0n) is 9.83. The van der Waals surface area contributed by atoms with E-state index in [1.165, 1.54) is 0 Å². The van der Waals surface area contributed by atoms with Crippen LogP contribution in [0.4, 0.5) is 13.2 Å². The molecule has 1 amide bonds. The van der Waals surface area contributed by atoms with E-state index in [9.17, 15) is 22.8 Å². The molecule has 7 heteroatoms. The van der Waals surface area contributed by atoms with Crippen molar-refractivity contribution in [3.8, 4) is 0 Å². The molecule has 1 aromatic rings. The van der Waals surface area contributed by atoms with Crippen LogP contribution in [0.15, 0.2) is 24.3 Å². The second-order valence-electron chi connectivity index (χ2n) is 3.89. The van der Waals surface area contributed by atoms with Gasteiger partial charge >= 0.3 is 18.1 Å². The van der Waals surface area contributed by atoms with Gasteiger partial charge in [0.05, 0.1) is 6.42 Å². The van der Waals surface area contributed by atoms with Gasteiger partial charge in [-0.25, -0.2) is 0 Å². The fraction of sp³-hybridized carbons (Fsp3) is 0.333. The van der Waals surface area contributed by atoms with Crippen LogP contribution in [0.1, 0.15) is 11.1 Å². The average Bonchev–Trinajstić information content (AvgIpc) is 2.29. The van der Waals surface area contributed by atoms with Crippen molar-refractivity contribution in [2.75, 3.05) is 6.54 Å². The topological polar surface area (TPSA) is 66.4 Å². The molecule has 0 saturated carbocycles. The Bertz CT molecular complexity index is 454. The minimum Gasteiger partial charge on any atom is -0.481 e. The molecule has 0 unspecified atom stereocenters. The molecule has 0 aliphatic carbocycles. The van der Waals surface area contributed by atoms with Crippen LogP contribution in [-0.4, -0.2) is 29.7 Å². The van der Waals surface area contributed by atoms with Crippen LogP contribution in [-0.2, 0) is 22.4 Å². The molecule has 0 aromatic heterocycles. The lowest BCUT2D eigenvalue weighted by atomic mass is 10.1. The summed E-state index contributed by atoms with van der Waals surface area (Å²) in [5.74, 6) is -2.92. The molecule has 104 valence electrons. The molecule has 0 aliphatic rings. The van der Waals surface area contributed by atoms with Gasteiger partial charge < -0.3 is 10.4 Å². The van der Waals surface area contributed by atoms with Crippen molar-refractivity contribution in [1.82, 2.24) is 5.32 Å². The molecule has 1 aromatic carbocycles. The summed E-state index contributed by atoms with van der Waals surface area (Å²) in [6.45, 7) is -0.128. The van der Waals surface area contributed by atoms with Gasteiger partial charge in [0, 0.05) is 6.54 Å². The first-order valence-corrected chi connectivity index (χ1v) is 5.43. The maximum Gasteiger partial charge on any atom is 0.471 e. The highest BCUT2D eigenvalue weighted by atomic mass is 19.4. The molecule has 0 saturated heterocycles. The van der Waals surface area contributed by atoms with Crippen molar-refractivity contribution < 1.29 is 27.9 Å². The lowest BCUT2D eigenvalue weighted by Crippen LogP contribution is -2.37. The van der Waals surface area contributed by atoms with Crippen molar-refractivity contribution in [2.45, 2.75) is 19.0 Å². The van der Waals surface area contributed by atoms with E-state index < -0.39 is 18.1 Å². The molecular formula is C12H12F3NO3. The monoisotopic (exact) mass is 275 g/mol. The van der Waals surface area contributed by atoms with Gasteiger partial charge in [-0.3, -0.25) is 9.59 Å². The number of carbonyl (C=O) groups is 2. The summed E-state index contributed by atoms with van der Waals surface area (Å²) in [7, 11) is 0. The van der Waals surface area contributed by atoms with Crippen molar-refractivity contribution in [3.05, 3.63) is 35.4 Å². The molecule has 0 radical (unpaired) electrons. The van der Waals surface area contributed by atoms with Gasteiger partial charge in [0.15, 0.2) is 0 Å². The van der Waals surface area contributed by atoms with Crippen molar-refractivity contribution >= 4 is 11.9 Å². The van der Waals surface area contributed by atoms with Crippen LogP contribution >= 0.6 is 0 Å². The number of nitrogens with one attached hydrogen (secondary N) is 1. The van der Waals surface area contributed by atoms with Crippen molar-refractivity contribution in [1.29, 1.82) is 0 Å². The number of benzene rings is 1. The third kappa shape index (κ3) is 5.41. The number of halogens is 3. The van der Waals surface area contributed by atoms with Gasteiger partial charge in [-0.15, -0.1) is 0 Å². The standard InChI is InChI=1S/C12H12F3NO3/c13-12(14,15)11(19)16-6-5-8-1-3-9(4-2-8)7-10(17)18/h1-4H,5-7H2,(H,16,19)(H,17,18). The lowest BCUT2D eigenvalue weighted by molar-refractivity contribution is -0.173. The number of rotatable bonds is 5. The van der Waals surface area contributed by atoms with Gasteiger partial charge in [0.2, 0.25) is 0 Å². The van der Waals surface area contributed by atoms with E-state index in [1.54, 1.807) is 29.6 Å². The smallest absolute Gasteiger partial charge is 0.471 e. The van der Waals surface area contributed by atoms with Gasteiger partial charge in [0.25, 0.3) is 0 Å². The molecule has 2 N–H and O–H groups in total. The largest absolute Gasteiger partial charge is 0.481 e. The van der Waals surface area contributed by atoms with Crippen LogP contribution in [0, 0.1) is 0 Å². The van der Waals surface area contributed by atoms with E-state index >= 15 is 0 Å². The first kappa shape index (κ1) is 15.0. The van der Waals surface area contributed by atoms with Crippen molar-refractivity contribution in [3.63, 3.8) is 0 Å². The second kappa shape index (κ2) is 6.21. The maximum absolute atomic E-state index is 11.9. The zero-order chi connectivity index (χ0) is 14.5. The summed E-state index contributed by atoms with van der Waals surface area (Å²) < 4.78 is 35.6. The third-order valence-corrected chi connectivity index (χ3v) is 2.34. The summed E-state index contributed by atoms with van der Waals surface area (Å²) in [6.07, 6.45) is -4.73. The van der Waals surface area contributed by atoms with Gasteiger partial charge in [0.1, 0.15) is 0 Å². The highest BCUT2D eigenvalue weighted by Crippen LogP contribution is 2.14. The summed E-state index contributed by atoms with van der Waals surface area (Å²) in [5, 5.41) is 10.3. The zero-order valence-corrected chi connectivity index (χ0v) is 9.83. The van der Waals surface area contributed by atoms with Gasteiger partial charge in [-0.2, -0.15) is 13.2 Å². The third-order valence-electron chi connectivity index (χ3n) is 2.34. The van der Waals surface area contributed by atoms with Crippen LogP contribution in [0.3, 0.4) is 0 Å². The van der Waals surface area contributed by atoms with E-state index in [4.69, 9.17) is 5.11 Å². The van der Waals surface area contributed by atoms with Crippen LogP contribution < -0.4 is 5.32 Å². The van der Waals surface area contributed by atoms with Crippen LogP contribution in [0.2, 0.25) is 0 Å². The van der Waals surface area contributed by atoms with E-state index in [1.807, 2.05) is 0 Å². The number of hydrogen-bond acceptors (Lipinski definition) is 2. The number of aliphatic carboxylic acids is 1. The number of carboxylic acids is 1. The Labute approximate surface area is 107 Å². The van der Waals surface area contributed by atoms with Gasteiger partial charge in [-0.05, 0) is 17.5 Å². The fourth-order valence-corrected chi connectivity index (χ4v) is 1.42. The normalized spacial score (nSPS) is 11.1. The molecule has 0 heterocycles. The van der Waals surface area contributed by atoms with E-state index in [0.29, 0.717) is 5.56 Å². The molecule has 0 atom stereocenters. The number of carboxylic acid groups (broad SMARTS) is 1. The van der Waals surface area contributed by atoms with E-state index in [2.05, 4.69) is 0 Å². The Hall–Kier alpha value is -2.05. The molecule has 4 nitrogen and oxygen atoms in total. The maximum atomic E-state index is 11.9. The highest BCUT2D eigenvalue weighted by Gasteiger charge is 2.38. The number of hydrogen-bond donors (Lipinski definition) is 2. The number of alkyl halides is 3. The molecular weight excluding hydrogens is 263 g/mol. The average molecular weight is 275 g/mol. The second-order valence-corrected chi connectivity index (χ2v) is 3.89. The minimum atomic E-state index is -4.87. The summed E-state index contributed by atoms with van der Waals surface area (Å²) in [6, 6.07) is 6.43. The van der Waals surface area contributed by atoms with Crippen molar-refractivity contribution in [2.24, 2.45) is 0 Å². The van der Waals surface area contributed by atoms with Crippen LogP contribution in [0.25, 0.3) is 0 Å². The molecule has 1 rings (SSSR count). The predicted molar refractivity (Wildman–Crippen MR) is 60.6 cm³/mol. The van der Waals surface area contributed by atoms with Crippen LogP contribution in [0.5, 0.6) is 0 Å². The van der Waals surface area contributed by atoms with E-state index in [-0.39, 0.29) is 19.4 Å². The first-order valence-electron chi connectivity index (χ1n) is 5.43. The highest BCUT2D eigenvalue weighted by molar-refractivity contribution is 5.81. The minimum absolute atomic E-state index is 0.106. The van der Waals surface area contributed by atoms with E-state index in [0.717, 1.165) is 5.56 Å². The molecule has 19 heavy (non-hydrogen) atoms. The lowest BCUT2D eigenvalue weighted by Gasteiger charge is -2.08. The Balaban J connectivity index is 2.42. The first-order chi connectivity index (χ1) is 8.79. The van der Waals surface area contributed by atoms with Gasteiger partial charge in [-0.1, -0.05) is 24.3 Å². The Morgan fingerprint density at radius 3 is 2.11 bits per heavy atom. The molecule has 0 spiro atoms. The molecule has 0 fully saturated rings. The quantitative estimate of drug-likeness (QED) is 0.856. The Morgan fingerprint density at radius 2 is 1.63 bits per heavy atom. The molecule has 0 aliphatic heterocycles. The fourth-order valence-electron chi connectivity index (χ4n) is 1.42. The summed E-state index contributed by atoms with van der Waals surface area (Å²) in [5.41, 5.74) is 1.33. The Morgan fingerprint density at radius 1 is 1.11 bits per heavy atom. The summed E-state index contributed by atoms with van der Waals surface area (Å²) >= 11 is 0. The SMILES string of the molecule is O=C(O)Cc1ccc(CCNC(=O)C(F)(F)F)cc1. The Kier molecular flexibility index (Phi) is 4.91. The predicted octanol–water partition coefficient (Wildman–Crippen LogP) is 1.53. The number of carbonyl (C=O) groups excluding carboxylic acids is 1. The number of amides is 1. The summed E-state index contributed by atoms with van der Waals surface area (Å²) in [4.78, 5) is 21.0.